The van der Waals surface area contributed by atoms with Gasteiger partial charge in [-0.15, -0.1) is 0 Å². The molecule has 3 aromatic carbocycles. The number of methoxy groups -OCH3 is 1. The van der Waals surface area contributed by atoms with Gasteiger partial charge in [-0.2, -0.15) is 26.3 Å². The smallest absolute Gasteiger partial charge is 0.416 e. The van der Waals surface area contributed by atoms with E-state index in [4.69, 9.17) is 9.47 Å². The van der Waals surface area contributed by atoms with Crippen molar-refractivity contribution in [2.24, 2.45) is 5.41 Å². The molecule has 2 aliphatic rings. The molecule has 1 N–H and O–H groups in total. The highest BCUT2D eigenvalue weighted by atomic mass is 19.4. The van der Waals surface area contributed by atoms with Crippen LogP contribution in [0.15, 0.2) is 60.2 Å². The van der Waals surface area contributed by atoms with Gasteiger partial charge in [0, 0.05) is 12.1 Å². The number of carbonyl (C=O) groups is 2. The Labute approximate surface area is 274 Å². The lowest BCUT2D eigenvalue weighted by molar-refractivity contribution is -0.143. The molecular weight excluding hydrogens is 640 g/mol. The number of aryl methyl sites for hydroxylation is 1. The molecule has 1 aliphatic carbocycles. The maximum absolute atomic E-state index is 13.6. The van der Waals surface area contributed by atoms with E-state index < -0.39 is 53.3 Å². The molecule has 3 aromatic rings. The number of aromatic carboxylic acids is 1. The second-order valence-corrected chi connectivity index (χ2v) is 13.2. The molecule has 0 unspecified atom stereocenters. The Kier molecular flexibility index (Phi) is 9.09. The van der Waals surface area contributed by atoms with Crippen LogP contribution in [0.25, 0.3) is 16.7 Å². The molecule has 0 spiro atoms. The standard InChI is InChI=1S/C36H35F6NO5/c1-19-12-30(47-5)29(16-28(19)21-6-8-22(9-7-21)32(44)45)27-10-11-34(3,4)17-24(27)18-43-20(2)31(48-33(43)46)23-13-25(35(37,38)39)15-26(14-23)36(40,41)42/h6-9,12-16,20,31H,10-11,17-18H2,1-5H3,(H,44,45)/t20-,31-/m0/s1. The number of carboxylic acid groups (broad SMARTS) is 1. The number of nitrogens with zero attached hydrogens (tertiary/aromatic N) is 1. The van der Waals surface area contributed by atoms with Gasteiger partial charge in [0.2, 0.25) is 0 Å². The van der Waals surface area contributed by atoms with Crippen molar-refractivity contribution in [3.05, 3.63) is 93.6 Å². The van der Waals surface area contributed by atoms with Crippen LogP contribution in [-0.2, 0) is 17.1 Å². The third-order valence-corrected chi connectivity index (χ3v) is 9.18. The molecule has 1 aliphatic heterocycles. The van der Waals surface area contributed by atoms with Crippen LogP contribution in [0, 0.1) is 12.3 Å². The van der Waals surface area contributed by atoms with Gasteiger partial charge in [-0.3, -0.25) is 4.90 Å². The van der Waals surface area contributed by atoms with Crippen molar-refractivity contribution < 1.29 is 50.5 Å². The van der Waals surface area contributed by atoms with Crippen molar-refractivity contribution in [1.82, 2.24) is 4.90 Å². The van der Waals surface area contributed by atoms with Crippen LogP contribution < -0.4 is 4.74 Å². The van der Waals surface area contributed by atoms with Crippen LogP contribution in [0.4, 0.5) is 31.1 Å². The summed E-state index contributed by atoms with van der Waals surface area (Å²) in [6, 6.07) is 10.7. The average molecular weight is 676 g/mol. The minimum Gasteiger partial charge on any atom is -0.496 e. The number of rotatable bonds is 7. The quantitative estimate of drug-likeness (QED) is 0.252. The van der Waals surface area contributed by atoms with Crippen molar-refractivity contribution in [2.75, 3.05) is 13.7 Å². The van der Waals surface area contributed by atoms with Gasteiger partial charge in [0.15, 0.2) is 0 Å². The van der Waals surface area contributed by atoms with E-state index in [-0.39, 0.29) is 23.6 Å². The van der Waals surface area contributed by atoms with Gasteiger partial charge >= 0.3 is 24.4 Å². The number of cyclic esters (lactones) is 1. The van der Waals surface area contributed by atoms with Gasteiger partial charge in [0.05, 0.1) is 29.8 Å². The number of halogens is 6. The van der Waals surface area contributed by atoms with Crippen molar-refractivity contribution in [3.63, 3.8) is 0 Å². The third kappa shape index (κ3) is 7.02. The first-order valence-electron chi connectivity index (χ1n) is 15.3. The van der Waals surface area contributed by atoms with Crippen LogP contribution in [0.3, 0.4) is 0 Å². The van der Waals surface area contributed by atoms with Crippen molar-refractivity contribution in [2.45, 2.75) is 71.5 Å². The number of carboxylic acids is 1. The summed E-state index contributed by atoms with van der Waals surface area (Å²) in [5.41, 5.74) is 1.71. The van der Waals surface area contributed by atoms with E-state index in [1.807, 2.05) is 19.1 Å². The minimum absolute atomic E-state index is 0.0417. The summed E-state index contributed by atoms with van der Waals surface area (Å²) in [6.45, 7) is 7.66. The van der Waals surface area contributed by atoms with E-state index >= 15 is 0 Å². The molecular formula is C36H35F6NO5. The van der Waals surface area contributed by atoms with E-state index in [0.29, 0.717) is 30.7 Å². The summed E-state index contributed by atoms with van der Waals surface area (Å²) >= 11 is 0. The third-order valence-electron chi connectivity index (χ3n) is 9.18. The average Bonchev–Trinajstić information content (AvgIpc) is 3.28. The van der Waals surface area contributed by atoms with Crippen LogP contribution in [-0.4, -0.2) is 41.8 Å². The summed E-state index contributed by atoms with van der Waals surface area (Å²) in [6.07, 6.45) is -10.3. The van der Waals surface area contributed by atoms with Gasteiger partial charge in [-0.05, 0) is 114 Å². The van der Waals surface area contributed by atoms with Crippen molar-refractivity contribution in [3.8, 4) is 16.9 Å². The Hall–Kier alpha value is -4.48. The van der Waals surface area contributed by atoms with E-state index in [0.717, 1.165) is 39.8 Å². The number of hydrogen-bond donors (Lipinski definition) is 1. The highest BCUT2D eigenvalue weighted by molar-refractivity contribution is 5.89. The molecule has 6 nitrogen and oxygen atoms in total. The number of amides is 1. The number of carbonyl (C=O) groups excluding carboxylic acids is 1. The number of hydrogen-bond acceptors (Lipinski definition) is 4. The number of ether oxygens (including phenoxy) is 2. The SMILES string of the molecule is COc1cc(C)c(-c2ccc(C(=O)O)cc2)cc1C1=C(CN2C(=O)O[C@H](c3cc(C(F)(F)F)cc(C(F)(F)F)c3)[C@@H]2C)CC(C)(C)CC1. The Morgan fingerprint density at radius 1 is 0.979 bits per heavy atom. The van der Waals surface area contributed by atoms with E-state index in [2.05, 4.69) is 13.8 Å². The van der Waals surface area contributed by atoms with Crippen molar-refractivity contribution in [1.29, 1.82) is 0 Å². The lowest BCUT2D eigenvalue weighted by Gasteiger charge is -2.36. The van der Waals surface area contributed by atoms with Gasteiger partial charge in [-0.1, -0.05) is 26.0 Å². The van der Waals surface area contributed by atoms with Crippen LogP contribution in [0.5, 0.6) is 5.75 Å². The number of allylic oxidation sites excluding steroid dienone is 1. The monoisotopic (exact) mass is 675 g/mol. The molecule has 1 saturated heterocycles. The molecule has 1 amide bonds. The predicted molar refractivity (Wildman–Crippen MR) is 167 cm³/mol. The fraction of sp³-hybridized carbons (Fsp3) is 0.389. The van der Waals surface area contributed by atoms with E-state index in [1.54, 1.807) is 26.2 Å². The van der Waals surface area contributed by atoms with Gasteiger partial charge in [-0.25, -0.2) is 9.59 Å². The maximum atomic E-state index is 13.6. The summed E-state index contributed by atoms with van der Waals surface area (Å²) in [5.74, 6) is -0.455. The summed E-state index contributed by atoms with van der Waals surface area (Å²) in [4.78, 5) is 26.0. The highest BCUT2D eigenvalue weighted by Crippen LogP contribution is 2.47. The lowest BCUT2D eigenvalue weighted by atomic mass is 9.72. The van der Waals surface area contributed by atoms with Crippen LogP contribution in [0.2, 0.25) is 0 Å². The molecule has 1 fully saturated rings. The Morgan fingerprint density at radius 2 is 1.58 bits per heavy atom. The fourth-order valence-electron chi connectivity index (χ4n) is 6.59. The predicted octanol–water partition coefficient (Wildman–Crippen LogP) is 9.95. The number of alkyl halides is 6. The summed E-state index contributed by atoms with van der Waals surface area (Å²) < 4.78 is 92.9. The second kappa shape index (κ2) is 12.5. The zero-order valence-corrected chi connectivity index (χ0v) is 27.0. The molecule has 5 rings (SSSR count). The zero-order valence-electron chi connectivity index (χ0n) is 27.0. The van der Waals surface area contributed by atoms with E-state index in [9.17, 15) is 41.0 Å². The molecule has 0 aromatic heterocycles. The molecule has 12 heteroatoms. The molecule has 0 saturated carbocycles. The topological polar surface area (TPSA) is 76.1 Å². The van der Waals surface area contributed by atoms with E-state index in [1.165, 1.54) is 17.0 Å². The summed E-state index contributed by atoms with van der Waals surface area (Å²) in [7, 11) is 1.54. The first-order valence-corrected chi connectivity index (χ1v) is 15.3. The van der Waals surface area contributed by atoms with Gasteiger partial charge < -0.3 is 14.6 Å². The largest absolute Gasteiger partial charge is 0.496 e. The highest BCUT2D eigenvalue weighted by Gasteiger charge is 2.44. The molecule has 256 valence electrons. The maximum Gasteiger partial charge on any atom is 0.416 e. The van der Waals surface area contributed by atoms with Crippen molar-refractivity contribution >= 4 is 17.6 Å². The fourth-order valence-corrected chi connectivity index (χ4v) is 6.59. The molecule has 48 heavy (non-hydrogen) atoms. The summed E-state index contributed by atoms with van der Waals surface area (Å²) in [5, 5.41) is 9.33. The van der Waals surface area contributed by atoms with Crippen LogP contribution >= 0.6 is 0 Å². The molecule has 1 heterocycles. The first kappa shape index (κ1) is 34.8. The Morgan fingerprint density at radius 3 is 2.12 bits per heavy atom. The lowest BCUT2D eigenvalue weighted by Crippen LogP contribution is -2.35. The minimum atomic E-state index is -5.04. The molecule has 0 bridgehead atoms. The molecule has 2 atom stereocenters. The van der Waals surface area contributed by atoms with Crippen LogP contribution in [0.1, 0.15) is 84.3 Å². The zero-order chi connectivity index (χ0) is 35.3. The first-order chi connectivity index (χ1) is 22.3. The Bertz CT molecular complexity index is 1740. The molecule has 0 radical (unpaired) electrons. The normalized spacial score (nSPS) is 19.8. The van der Waals surface area contributed by atoms with Gasteiger partial charge in [0.25, 0.3) is 0 Å². The van der Waals surface area contributed by atoms with Gasteiger partial charge in [0.1, 0.15) is 11.9 Å². The Balaban J connectivity index is 1.56. The number of benzene rings is 3. The second-order valence-electron chi connectivity index (χ2n) is 13.2.